The molecule has 1 fully saturated rings. The van der Waals surface area contributed by atoms with E-state index in [4.69, 9.17) is 9.47 Å². The van der Waals surface area contributed by atoms with Crippen molar-refractivity contribution in [1.82, 2.24) is 9.97 Å². The van der Waals surface area contributed by atoms with E-state index in [1.807, 2.05) is 13.8 Å². The highest BCUT2D eigenvalue weighted by molar-refractivity contribution is 7.17. The quantitative estimate of drug-likeness (QED) is 0.196. The SMILES string of the molecule is CCOC(=O)c1sc(N2C(=O)C(=O)/C(=C(/O)c3ccc(OCC(C)C)cc3)C2c2ccncc2)nc1C. The Morgan fingerprint density at radius 3 is 2.43 bits per heavy atom. The lowest BCUT2D eigenvalue weighted by Gasteiger charge is -2.22. The van der Waals surface area contributed by atoms with Crippen LogP contribution in [0.4, 0.5) is 5.13 Å². The molecule has 0 radical (unpaired) electrons. The van der Waals surface area contributed by atoms with Gasteiger partial charge in [0.25, 0.3) is 5.78 Å². The van der Waals surface area contributed by atoms with Gasteiger partial charge in [0.1, 0.15) is 16.4 Å². The van der Waals surface area contributed by atoms with Gasteiger partial charge < -0.3 is 14.6 Å². The average Bonchev–Trinajstić information content (AvgIpc) is 3.40. The standard InChI is InChI=1S/C27H27N3O6S/c1-5-35-26(34)24-16(4)29-27(37-24)30-21(17-10-12-28-13-11-17)20(23(32)25(30)33)22(31)18-6-8-19(9-7-18)36-14-15(2)3/h6-13,15,21,31H,5,14H2,1-4H3/b22-20+. The predicted molar refractivity (Wildman–Crippen MR) is 139 cm³/mol. The van der Waals surface area contributed by atoms with E-state index in [1.54, 1.807) is 50.2 Å². The summed E-state index contributed by atoms with van der Waals surface area (Å²) in [4.78, 5) is 48.8. The van der Waals surface area contributed by atoms with Crippen LogP contribution in [-0.4, -0.2) is 45.9 Å². The van der Waals surface area contributed by atoms with E-state index in [1.165, 1.54) is 17.3 Å². The number of esters is 1. The summed E-state index contributed by atoms with van der Waals surface area (Å²) in [6.07, 6.45) is 3.07. The number of nitrogens with zero attached hydrogens (tertiary/aromatic N) is 3. The van der Waals surface area contributed by atoms with Gasteiger partial charge in [0.05, 0.1) is 30.5 Å². The summed E-state index contributed by atoms with van der Waals surface area (Å²) in [6.45, 7) is 8.14. The van der Waals surface area contributed by atoms with Gasteiger partial charge in [-0.25, -0.2) is 9.78 Å². The maximum Gasteiger partial charge on any atom is 0.350 e. The number of rotatable bonds is 8. The third kappa shape index (κ3) is 5.24. The maximum absolute atomic E-state index is 13.3. The average molecular weight is 522 g/mol. The molecule has 37 heavy (non-hydrogen) atoms. The van der Waals surface area contributed by atoms with E-state index in [9.17, 15) is 19.5 Å². The van der Waals surface area contributed by atoms with Crippen molar-refractivity contribution in [3.05, 3.63) is 76.1 Å². The van der Waals surface area contributed by atoms with E-state index in [-0.39, 0.29) is 27.9 Å². The number of carbonyl (C=O) groups is 3. The molecule has 1 N–H and O–H groups in total. The molecule has 10 heteroatoms. The molecular weight excluding hydrogens is 494 g/mol. The fourth-order valence-corrected chi connectivity index (χ4v) is 4.88. The van der Waals surface area contributed by atoms with Crippen LogP contribution in [0, 0.1) is 12.8 Å². The first-order chi connectivity index (χ1) is 17.7. The van der Waals surface area contributed by atoms with E-state index in [0.29, 0.717) is 35.1 Å². The van der Waals surface area contributed by atoms with E-state index in [0.717, 1.165) is 11.3 Å². The molecule has 0 bridgehead atoms. The molecule has 0 aliphatic carbocycles. The summed E-state index contributed by atoms with van der Waals surface area (Å²) in [7, 11) is 0. The van der Waals surface area contributed by atoms with Crippen molar-refractivity contribution in [2.75, 3.05) is 18.1 Å². The lowest BCUT2D eigenvalue weighted by Crippen LogP contribution is -2.29. The number of pyridine rings is 1. The Labute approximate surface area is 218 Å². The number of benzene rings is 1. The number of Topliss-reactive ketones (excluding diaryl/α,β-unsaturated/α-hetero) is 1. The Bertz CT molecular complexity index is 1350. The summed E-state index contributed by atoms with van der Waals surface area (Å²) in [5.41, 5.74) is 1.21. The third-order valence-electron chi connectivity index (χ3n) is 5.63. The van der Waals surface area contributed by atoms with Crippen LogP contribution in [-0.2, 0) is 14.3 Å². The van der Waals surface area contributed by atoms with Gasteiger partial charge in [-0.2, -0.15) is 0 Å². The zero-order chi connectivity index (χ0) is 26.7. The Balaban J connectivity index is 1.80. The van der Waals surface area contributed by atoms with E-state index >= 15 is 0 Å². The molecule has 1 atom stereocenters. The molecule has 3 aromatic rings. The number of ether oxygens (including phenoxy) is 2. The lowest BCUT2D eigenvalue weighted by molar-refractivity contribution is -0.132. The summed E-state index contributed by atoms with van der Waals surface area (Å²) >= 11 is 0.959. The molecule has 4 rings (SSSR count). The van der Waals surface area contributed by atoms with Crippen molar-refractivity contribution in [3.8, 4) is 5.75 Å². The molecule has 0 spiro atoms. The molecule has 1 aliphatic heterocycles. The molecule has 0 saturated carbocycles. The van der Waals surface area contributed by atoms with Crippen LogP contribution in [0.1, 0.15) is 53.3 Å². The minimum absolute atomic E-state index is 0.0856. The van der Waals surface area contributed by atoms with E-state index in [2.05, 4.69) is 9.97 Å². The molecule has 3 heterocycles. The molecular formula is C27H27N3O6S. The van der Waals surface area contributed by atoms with Gasteiger partial charge in [-0.15, -0.1) is 0 Å². The highest BCUT2D eigenvalue weighted by Gasteiger charge is 2.48. The van der Waals surface area contributed by atoms with Gasteiger partial charge in [-0.3, -0.25) is 19.5 Å². The number of ketones is 1. The first kappa shape index (κ1) is 26.0. The van der Waals surface area contributed by atoms with Crippen molar-refractivity contribution in [1.29, 1.82) is 0 Å². The normalized spacial score (nSPS) is 16.9. The number of amides is 1. The predicted octanol–water partition coefficient (Wildman–Crippen LogP) is 4.68. The van der Waals surface area contributed by atoms with Crippen LogP contribution >= 0.6 is 11.3 Å². The fraction of sp³-hybridized carbons (Fsp3) is 0.296. The fourth-order valence-electron chi connectivity index (χ4n) is 3.89. The van der Waals surface area contributed by atoms with Gasteiger partial charge in [-0.05, 0) is 61.7 Å². The first-order valence-corrected chi connectivity index (χ1v) is 12.6. The molecule has 1 unspecified atom stereocenters. The zero-order valence-corrected chi connectivity index (χ0v) is 21.7. The number of aliphatic hydroxyl groups is 1. The molecule has 1 saturated heterocycles. The van der Waals surface area contributed by atoms with Crippen LogP contribution in [0.25, 0.3) is 5.76 Å². The Morgan fingerprint density at radius 1 is 1.14 bits per heavy atom. The summed E-state index contributed by atoms with van der Waals surface area (Å²) < 4.78 is 10.8. The van der Waals surface area contributed by atoms with Crippen LogP contribution in [0.2, 0.25) is 0 Å². The number of aryl methyl sites for hydroxylation is 1. The third-order valence-corrected chi connectivity index (χ3v) is 6.77. The topological polar surface area (TPSA) is 119 Å². The molecule has 192 valence electrons. The minimum Gasteiger partial charge on any atom is -0.507 e. The van der Waals surface area contributed by atoms with Crippen molar-refractivity contribution >= 4 is 39.9 Å². The van der Waals surface area contributed by atoms with Gasteiger partial charge >= 0.3 is 11.9 Å². The second kappa shape index (κ2) is 10.9. The molecule has 1 aromatic carbocycles. The van der Waals surface area contributed by atoms with Crippen LogP contribution in [0.5, 0.6) is 5.75 Å². The van der Waals surface area contributed by atoms with Crippen molar-refractivity contribution in [3.63, 3.8) is 0 Å². The molecule has 1 amide bonds. The van der Waals surface area contributed by atoms with Crippen LogP contribution in [0.3, 0.4) is 0 Å². The van der Waals surface area contributed by atoms with Gasteiger partial charge in [0.15, 0.2) is 5.13 Å². The Morgan fingerprint density at radius 2 is 1.81 bits per heavy atom. The number of hydrogen-bond donors (Lipinski definition) is 1. The second-order valence-electron chi connectivity index (χ2n) is 8.81. The maximum atomic E-state index is 13.3. The Hall–Kier alpha value is -4.05. The number of thiazole rings is 1. The largest absolute Gasteiger partial charge is 0.507 e. The highest BCUT2D eigenvalue weighted by Crippen LogP contribution is 2.43. The van der Waals surface area contributed by atoms with Crippen molar-refractivity contribution in [2.24, 2.45) is 5.92 Å². The molecule has 2 aromatic heterocycles. The van der Waals surface area contributed by atoms with Crippen molar-refractivity contribution in [2.45, 2.75) is 33.7 Å². The molecule has 1 aliphatic rings. The summed E-state index contributed by atoms with van der Waals surface area (Å²) in [5, 5.41) is 11.4. The number of anilines is 1. The second-order valence-corrected chi connectivity index (χ2v) is 9.79. The van der Waals surface area contributed by atoms with Crippen molar-refractivity contribution < 1.29 is 29.0 Å². The number of hydrogen-bond acceptors (Lipinski definition) is 9. The molecule has 9 nitrogen and oxygen atoms in total. The van der Waals surface area contributed by atoms with Gasteiger partial charge in [0, 0.05) is 18.0 Å². The summed E-state index contributed by atoms with van der Waals surface area (Å²) in [6, 6.07) is 9.01. The summed E-state index contributed by atoms with van der Waals surface area (Å²) in [5.74, 6) is -1.61. The van der Waals surface area contributed by atoms with Crippen LogP contribution in [0.15, 0.2) is 54.4 Å². The van der Waals surface area contributed by atoms with Crippen LogP contribution < -0.4 is 9.64 Å². The lowest BCUT2D eigenvalue weighted by atomic mass is 9.96. The monoisotopic (exact) mass is 521 g/mol. The first-order valence-electron chi connectivity index (χ1n) is 11.8. The zero-order valence-electron chi connectivity index (χ0n) is 20.9. The number of aliphatic hydroxyl groups excluding tert-OH is 1. The van der Waals surface area contributed by atoms with E-state index < -0.39 is 23.7 Å². The number of aromatic nitrogens is 2. The smallest absolute Gasteiger partial charge is 0.350 e. The minimum atomic E-state index is -0.972. The highest BCUT2D eigenvalue weighted by atomic mass is 32.1. The van der Waals surface area contributed by atoms with Gasteiger partial charge in [0.2, 0.25) is 0 Å². The Kier molecular flexibility index (Phi) is 7.68. The van der Waals surface area contributed by atoms with Gasteiger partial charge in [-0.1, -0.05) is 25.2 Å². The number of carbonyl (C=O) groups excluding carboxylic acids is 3.